The van der Waals surface area contributed by atoms with Gasteiger partial charge in [-0.05, 0) is 76.0 Å². The van der Waals surface area contributed by atoms with E-state index in [0.29, 0.717) is 32.1 Å². The molecule has 0 aromatic rings. The Kier molecular flexibility index (Phi) is 26.0. The molecule has 0 radical (unpaired) electrons. The number of carbonyl (C=O) groups excluding carboxylic acids is 8. The largest absolute Gasteiger partial charge is 0.480 e. The summed E-state index contributed by atoms with van der Waals surface area (Å²) in [4.78, 5) is 136. The highest BCUT2D eigenvalue weighted by molar-refractivity contribution is 5.99. The number of nitrogens with two attached hydrogens (primary N) is 8. The van der Waals surface area contributed by atoms with Gasteiger partial charge in [0.2, 0.25) is 47.3 Å². The van der Waals surface area contributed by atoms with Gasteiger partial charge in [-0.3, -0.25) is 53.3 Å². The van der Waals surface area contributed by atoms with Crippen molar-refractivity contribution in [2.24, 2.45) is 72.7 Å². The summed E-state index contributed by atoms with van der Waals surface area (Å²) in [5.41, 5.74) is 44.5. The first-order valence-corrected chi connectivity index (χ1v) is 24.5. The predicted molar refractivity (Wildman–Crippen MR) is 267 cm³/mol. The van der Waals surface area contributed by atoms with Crippen molar-refractivity contribution in [2.45, 2.75) is 160 Å². The van der Waals surface area contributed by atoms with E-state index in [4.69, 9.17) is 45.9 Å². The van der Waals surface area contributed by atoms with Crippen LogP contribution in [-0.2, 0) is 43.2 Å². The molecule has 0 aromatic heterocycles. The molecule has 2 rings (SSSR count). The Balaban J connectivity index is 2.42. The molecule has 0 saturated carbocycles. The first kappa shape index (κ1) is 61.1. The van der Waals surface area contributed by atoms with E-state index in [1.807, 2.05) is 0 Å². The molecule has 2 heterocycles. The van der Waals surface area contributed by atoms with Crippen molar-refractivity contribution in [3.05, 3.63) is 0 Å². The highest BCUT2D eigenvalue weighted by Gasteiger charge is 2.42. The lowest BCUT2D eigenvalue weighted by Crippen LogP contribution is -2.61. The molecule has 10 atom stereocenters. The van der Waals surface area contributed by atoms with Crippen LogP contribution in [-0.4, -0.2) is 167 Å². The van der Waals surface area contributed by atoms with E-state index >= 15 is 0 Å². The molecule has 28 nitrogen and oxygen atoms in total. The second-order valence-electron chi connectivity index (χ2n) is 18.3. The molecular weight excluding hydrogens is 941 g/mol. The molecule has 28 heteroatoms. The number of hydrogen-bond acceptors (Lipinski definition) is 13. The number of carboxylic acid groups (broad SMARTS) is 1. The number of primary amides is 1. The number of rotatable bonds is 31. The van der Waals surface area contributed by atoms with Gasteiger partial charge in [0.1, 0.15) is 42.3 Å². The van der Waals surface area contributed by atoms with Crippen LogP contribution in [0, 0.1) is 11.8 Å². The summed E-state index contributed by atoms with van der Waals surface area (Å²) in [6, 6.07) is -9.93. The molecule has 2 aliphatic rings. The van der Waals surface area contributed by atoms with Crippen molar-refractivity contribution in [3.8, 4) is 0 Å². The quantitative estimate of drug-likeness (QED) is 0.0176. The van der Waals surface area contributed by atoms with E-state index in [0.717, 1.165) is 0 Å². The van der Waals surface area contributed by atoms with Crippen molar-refractivity contribution in [1.82, 2.24) is 36.4 Å². The molecule has 0 bridgehead atoms. The number of amides is 8. The first-order valence-electron chi connectivity index (χ1n) is 24.5. The van der Waals surface area contributed by atoms with Crippen LogP contribution >= 0.6 is 0 Å². The molecule has 0 spiro atoms. The summed E-state index contributed by atoms with van der Waals surface area (Å²) < 4.78 is 0. The van der Waals surface area contributed by atoms with Crippen LogP contribution in [0.3, 0.4) is 0 Å². The molecule has 22 N–H and O–H groups in total. The minimum atomic E-state index is -1.66. The molecule has 0 aliphatic carbocycles. The highest BCUT2D eigenvalue weighted by Crippen LogP contribution is 2.23. The standard InChI is InChI=1S/C44H80N18O10/c1-5-23(3)32(59-35(65)27(14-9-19-55-44(51)52)56-37(67)29-15-10-20-61(29)39(69)25(45)12-7-17-53-42(47)48)38(68)57-26(13-8-18-54-43(49)50)34(64)58-28(22-31(46)63)36(66)60-33(24(4)6-2)40(70)62-21-11-16-30(62)41(71)72/h23-30,32-33H,5-22,45H2,1-4H3,(H2,46,63)(H,56,67)(H,57,68)(H,58,64)(H,59,65)(H,60,66)(H,71,72)(H4,47,48,53)(H4,49,50,54)(H4,51,52,55)/t23-,24-,25-,26-,27-,28-,29-,30-,32-,33-/m0/s1. The van der Waals surface area contributed by atoms with E-state index in [1.54, 1.807) is 27.7 Å². The third-order valence-electron chi connectivity index (χ3n) is 12.7. The third kappa shape index (κ3) is 20.0. The number of carboxylic acids is 1. The van der Waals surface area contributed by atoms with Gasteiger partial charge in [-0.25, -0.2) is 4.79 Å². The van der Waals surface area contributed by atoms with Gasteiger partial charge in [0, 0.05) is 32.7 Å². The van der Waals surface area contributed by atoms with Crippen LogP contribution in [0.15, 0.2) is 15.0 Å². The maximum atomic E-state index is 14.3. The predicted octanol–water partition coefficient (Wildman–Crippen LogP) is -5.07. The van der Waals surface area contributed by atoms with Crippen molar-refractivity contribution in [1.29, 1.82) is 0 Å². The zero-order valence-corrected chi connectivity index (χ0v) is 42.0. The van der Waals surface area contributed by atoms with Crippen LogP contribution in [0.5, 0.6) is 0 Å². The van der Waals surface area contributed by atoms with Gasteiger partial charge < -0.3 is 87.4 Å². The Labute approximate surface area is 419 Å². The molecule has 0 unspecified atom stereocenters. The molecule has 406 valence electrons. The maximum Gasteiger partial charge on any atom is 0.326 e. The van der Waals surface area contributed by atoms with Crippen LogP contribution in [0.25, 0.3) is 0 Å². The first-order chi connectivity index (χ1) is 33.9. The van der Waals surface area contributed by atoms with Crippen molar-refractivity contribution in [2.75, 3.05) is 32.7 Å². The van der Waals surface area contributed by atoms with Gasteiger partial charge >= 0.3 is 5.97 Å². The smallest absolute Gasteiger partial charge is 0.326 e. The van der Waals surface area contributed by atoms with E-state index in [2.05, 4.69) is 41.6 Å². The van der Waals surface area contributed by atoms with Crippen LogP contribution in [0.4, 0.5) is 0 Å². The lowest BCUT2D eigenvalue weighted by molar-refractivity contribution is -0.150. The zero-order chi connectivity index (χ0) is 54.2. The fourth-order valence-corrected chi connectivity index (χ4v) is 8.27. The lowest BCUT2D eigenvalue weighted by atomic mass is 9.96. The SMILES string of the molecule is CC[C@H](C)[C@H](NC(=O)[C@H](CCCN=C(N)N)NC(=O)[C@@H]1CCCN1C(=O)[C@@H](N)CCCN=C(N)N)C(=O)N[C@@H](CCCN=C(N)N)C(=O)N[C@@H](CC(N)=O)C(=O)N[C@H](C(=O)N1CCC[C@H]1C(=O)O)[C@@H](C)CC. The molecule has 0 aromatic carbocycles. The fourth-order valence-electron chi connectivity index (χ4n) is 8.27. The Bertz CT molecular complexity index is 1970. The highest BCUT2D eigenvalue weighted by atomic mass is 16.4. The summed E-state index contributed by atoms with van der Waals surface area (Å²) >= 11 is 0. The summed E-state index contributed by atoms with van der Waals surface area (Å²) in [6.07, 6.45) is 2.28. The van der Waals surface area contributed by atoms with Crippen LogP contribution in [0.2, 0.25) is 0 Å². The minimum Gasteiger partial charge on any atom is -0.480 e. The average molecular weight is 1020 g/mol. The van der Waals surface area contributed by atoms with Crippen LogP contribution in [0.1, 0.15) is 111 Å². The maximum absolute atomic E-state index is 14.3. The van der Waals surface area contributed by atoms with Crippen molar-refractivity contribution >= 4 is 71.1 Å². The fraction of sp³-hybridized carbons (Fsp3) is 0.727. The second kappa shape index (κ2) is 30.7. The Hall–Kier alpha value is -7.00. The Morgan fingerprint density at radius 1 is 0.556 bits per heavy atom. The number of nitrogens with zero attached hydrogens (tertiary/aromatic N) is 5. The lowest BCUT2D eigenvalue weighted by Gasteiger charge is -2.32. The molecule has 2 fully saturated rings. The summed E-state index contributed by atoms with van der Waals surface area (Å²) in [5.74, 6) is -9.06. The van der Waals surface area contributed by atoms with Gasteiger partial charge in [-0.1, -0.05) is 40.5 Å². The van der Waals surface area contributed by atoms with E-state index in [-0.39, 0.29) is 95.5 Å². The number of likely N-dealkylation sites (tertiary alicyclic amines) is 2. The van der Waals surface area contributed by atoms with Crippen molar-refractivity contribution < 1.29 is 48.3 Å². The zero-order valence-electron chi connectivity index (χ0n) is 42.0. The Morgan fingerprint density at radius 2 is 0.972 bits per heavy atom. The molecule has 2 aliphatic heterocycles. The van der Waals surface area contributed by atoms with Gasteiger partial charge in [0.15, 0.2) is 17.9 Å². The number of nitrogens with one attached hydrogen (secondary N) is 5. The number of guanidine groups is 3. The number of aliphatic imine (C=N–C) groups is 3. The third-order valence-corrected chi connectivity index (χ3v) is 12.7. The van der Waals surface area contributed by atoms with Crippen LogP contribution < -0.4 is 72.5 Å². The second-order valence-corrected chi connectivity index (χ2v) is 18.3. The summed E-state index contributed by atoms with van der Waals surface area (Å²) in [6.45, 7) is 7.64. The minimum absolute atomic E-state index is 0.00499. The number of aliphatic carboxylic acids is 1. The van der Waals surface area contributed by atoms with E-state index in [9.17, 15) is 48.3 Å². The molecule has 8 amide bonds. The van der Waals surface area contributed by atoms with E-state index in [1.165, 1.54) is 9.80 Å². The average Bonchev–Trinajstić information content (AvgIpc) is 4.03. The topological polar surface area (TPSA) is 486 Å². The number of hydrogen-bond donors (Lipinski definition) is 14. The summed E-state index contributed by atoms with van der Waals surface area (Å²) in [7, 11) is 0. The van der Waals surface area contributed by atoms with Gasteiger partial charge in [0.05, 0.1) is 12.5 Å². The van der Waals surface area contributed by atoms with Crippen molar-refractivity contribution in [3.63, 3.8) is 0 Å². The summed E-state index contributed by atoms with van der Waals surface area (Å²) in [5, 5.41) is 22.9. The molecular formula is C44H80N18O10. The number of carbonyl (C=O) groups is 9. The van der Waals surface area contributed by atoms with Gasteiger partial charge in [0.25, 0.3) is 0 Å². The molecule has 2 saturated heterocycles. The molecule has 72 heavy (non-hydrogen) atoms. The normalized spacial score (nSPS) is 18.6. The van der Waals surface area contributed by atoms with Gasteiger partial charge in [-0.2, -0.15) is 0 Å². The van der Waals surface area contributed by atoms with E-state index < -0.39 is 120 Å². The van der Waals surface area contributed by atoms with Gasteiger partial charge in [-0.15, -0.1) is 0 Å². The monoisotopic (exact) mass is 1020 g/mol. The Morgan fingerprint density at radius 3 is 1.46 bits per heavy atom.